The summed E-state index contributed by atoms with van der Waals surface area (Å²) in [5.41, 5.74) is 0.892. The largest absolute Gasteiger partial charge is 0.410 e. The molecule has 0 fully saturated rings. The van der Waals surface area contributed by atoms with Crippen LogP contribution in [0.25, 0.3) is 10.8 Å². The van der Waals surface area contributed by atoms with Crippen LogP contribution in [0.4, 0.5) is 0 Å². The molecule has 16 heavy (non-hydrogen) atoms. The third-order valence-electron chi connectivity index (χ3n) is 1.76. The fourth-order valence-corrected chi connectivity index (χ4v) is 2.45. The minimum Gasteiger partial charge on any atom is -0.410 e. The summed E-state index contributed by atoms with van der Waals surface area (Å²) in [5.74, 6) is 0.783. The molecule has 0 unspecified atom stereocenters. The molecule has 0 aliphatic carbocycles. The van der Waals surface area contributed by atoms with Crippen LogP contribution in [0.15, 0.2) is 9.64 Å². The van der Waals surface area contributed by atoms with Gasteiger partial charge in [0.2, 0.25) is 0 Å². The maximum Gasteiger partial charge on any atom is 0.277 e. The quantitative estimate of drug-likeness (QED) is 0.781. The molecule has 0 aliphatic heterocycles. The van der Waals surface area contributed by atoms with E-state index in [-0.39, 0.29) is 0 Å². The van der Waals surface area contributed by atoms with Crippen molar-refractivity contribution in [3.63, 3.8) is 0 Å². The van der Waals surface area contributed by atoms with Crippen LogP contribution in [-0.4, -0.2) is 20.9 Å². The van der Waals surface area contributed by atoms with E-state index < -0.39 is 0 Å². The van der Waals surface area contributed by atoms with E-state index in [4.69, 9.17) is 9.68 Å². The van der Waals surface area contributed by atoms with Crippen LogP contribution in [0, 0.1) is 25.2 Å². The van der Waals surface area contributed by atoms with E-state index in [1.54, 1.807) is 0 Å². The van der Waals surface area contributed by atoms with Gasteiger partial charge in [-0.2, -0.15) is 5.26 Å². The molecule has 0 saturated carbocycles. The molecule has 0 radical (unpaired) electrons. The summed E-state index contributed by atoms with van der Waals surface area (Å²) in [6.07, 6.45) is 0. The predicted molar refractivity (Wildman–Crippen MR) is 61.2 cm³/mol. The molecule has 0 spiro atoms. The summed E-state index contributed by atoms with van der Waals surface area (Å²) >= 11 is 2.75. The first-order valence-electron chi connectivity index (χ1n) is 4.48. The summed E-state index contributed by atoms with van der Waals surface area (Å²) in [7, 11) is 0. The lowest BCUT2D eigenvalue weighted by molar-refractivity contribution is 0.467. The third kappa shape index (κ3) is 2.23. The molecule has 2 heterocycles. The maximum absolute atomic E-state index is 8.43. The lowest BCUT2D eigenvalue weighted by Gasteiger charge is -1.88. The summed E-state index contributed by atoms with van der Waals surface area (Å²) in [6, 6.07) is 2.01. The van der Waals surface area contributed by atoms with Gasteiger partial charge in [0.15, 0.2) is 0 Å². The minimum absolute atomic E-state index is 0.308. The maximum atomic E-state index is 8.43. The predicted octanol–water partition coefficient (Wildman–Crippen LogP) is 2.43. The first kappa shape index (κ1) is 11.1. The molecule has 2 aromatic heterocycles. The van der Waals surface area contributed by atoms with Gasteiger partial charge in [-0.3, -0.25) is 0 Å². The number of hydrogen-bond acceptors (Lipinski definition) is 7. The Balaban J connectivity index is 2.25. The second-order valence-corrected chi connectivity index (χ2v) is 5.10. The molecule has 7 heteroatoms. The second kappa shape index (κ2) is 4.63. The van der Waals surface area contributed by atoms with Crippen molar-refractivity contribution in [1.29, 1.82) is 5.26 Å². The SMILES string of the molecule is Cc1nc(C)c(-c2nnc(SCC#N)o2)s1. The Bertz CT molecular complexity index is 540. The fraction of sp³-hybridized carbons (Fsp3) is 0.333. The number of nitriles is 1. The van der Waals surface area contributed by atoms with Gasteiger partial charge >= 0.3 is 0 Å². The van der Waals surface area contributed by atoms with Crippen LogP contribution >= 0.6 is 23.1 Å². The van der Waals surface area contributed by atoms with Crippen LogP contribution in [0.3, 0.4) is 0 Å². The van der Waals surface area contributed by atoms with Crippen molar-refractivity contribution >= 4 is 23.1 Å². The standard InChI is InChI=1S/C9H8N4OS2/c1-5-7(16-6(2)11-5)8-12-13-9(14-8)15-4-3-10/h4H2,1-2H3. The average molecular weight is 252 g/mol. The number of nitrogens with zero attached hydrogens (tertiary/aromatic N) is 4. The van der Waals surface area contributed by atoms with Crippen molar-refractivity contribution in [1.82, 2.24) is 15.2 Å². The van der Waals surface area contributed by atoms with Gasteiger partial charge in [-0.25, -0.2) is 4.98 Å². The van der Waals surface area contributed by atoms with Gasteiger partial charge in [0.1, 0.15) is 4.88 Å². The van der Waals surface area contributed by atoms with Crippen molar-refractivity contribution in [2.75, 3.05) is 5.75 Å². The van der Waals surface area contributed by atoms with Crippen LogP contribution in [0.5, 0.6) is 0 Å². The number of thiazole rings is 1. The van der Waals surface area contributed by atoms with Gasteiger partial charge in [-0.15, -0.1) is 21.5 Å². The van der Waals surface area contributed by atoms with Crippen molar-refractivity contribution in [3.8, 4) is 16.8 Å². The Hall–Kier alpha value is -1.39. The number of hydrogen-bond donors (Lipinski definition) is 0. The van der Waals surface area contributed by atoms with Crippen molar-refractivity contribution < 1.29 is 4.42 Å². The van der Waals surface area contributed by atoms with E-state index in [1.807, 2.05) is 19.9 Å². The second-order valence-electron chi connectivity index (χ2n) is 2.97. The molecule has 0 aliphatic rings. The summed E-state index contributed by atoms with van der Waals surface area (Å²) < 4.78 is 5.43. The number of rotatable bonds is 3. The van der Waals surface area contributed by atoms with Crippen molar-refractivity contribution in [2.45, 2.75) is 19.1 Å². The van der Waals surface area contributed by atoms with E-state index in [1.165, 1.54) is 23.1 Å². The zero-order valence-corrected chi connectivity index (χ0v) is 10.4. The zero-order chi connectivity index (χ0) is 11.5. The first-order chi connectivity index (χ1) is 7.70. The monoisotopic (exact) mass is 252 g/mol. The summed E-state index contributed by atoms with van der Waals surface area (Å²) in [5, 5.41) is 17.6. The van der Waals surface area contributed by atoms with Crippen LogP contribution in [-0.2, 0) is 0 Å². The van der Waals surface area contributed by atoms with Gasteiger partial charge < -0.3 is 4.42 Å². The molecule has 0 atom stereocenters. The molecule has 82 valence electrons. The Morgan fingerprint density at radius 2 is 2.25 bits per heavy atom. The number of aromatic nitrogens is 3. The Labute approximate surface area is 101 Å². The highest BCUT2D eigenvalue weighted by atomic mass is 32.2. The molecule has 0 amide bonds. The van der Waals surface area contributed by atoms with Crippen LogP contribution in [0.2, 0.25) is 0 Å². The fourth-order valence-electron chi connectivity index (χ4n) is 1.18. The van der Waals surface area contributed by atoms with Gasteiger partial charge in [-0.05, 0) is 13.8 Å². The van der Waals surface area contributed by atoms with Gasteiger partial charge in [0, 0.05) is 0 Å². The highest BCUT2D eigenvalue weighted by Crippen LogP contribution is 2.30. The summed E-state index contributed by atoms with van der Waals surface area (Å²) in [6.45, 7) is 3.84. The molecule has 0 aromatic carbocycles. The topological polar surface area (TPSA) is 75.6 Å². The molecule has 2 rings (SSSR count). The molecule has 0 bridgehead atoms. The summed E-state index contributed by atoms with van der Waals surface area (Å²) in [4.78, 5) is 5.19. The lowest BCUT2D eigenvalue weighted by Crippen LogP contribution is -1.77. The van der Waals surface area contributed by atoms with E-state index in [2.05, 4.69) is 15.2 Å². The third-order valence-corrected chi connectivity index (χ3v) is 3.51. The zero-order valence-electron chi connectivity index (χ0n) is 8.72. The Kier molecular flexibility index (Phi) is 3.22. The number of thioether (sulfide) groups is 1. The first-order valence-corrected chi connectivity index (χ1v) is 6.28. The van der Waals surface area contributed by atoms with Gasteiger partial charge in [0.25, 0.3) is 11.1 Å². The smallest absolute Gasteiger partial charge is 0.277 e. The number of aryl methyl sites for hydroxylation is 2. The average Bonchev–Trinajstić information content (AvgIpc) is 2.82. The lowest BCUT2D eigenvalue weighted by atomic mass is 10.4. The highest BCUT2D eigenvalue weighted by Gasteiger charge is 2.14. The normalized spacial score (nSPS) is 10.3. The van der Waals surface area contributed by atoms with Crippen molar-refractivity contribution in [3.05, 3.63) is 10.7 Å². The Morgan fingerprint density at radius 1 is 1.44 bits per heavy atom. The Morgan fingerprint density at radius 3 is 2.88 bits per heavy atom. The van der Waals surface area contributed by atoms with Gasteiger partial charge in [0.05, 0.1) is 22.5 Å². The van der Waals surface area contributed by atoms with E-state index in [0.29, 0.717) is 16.9 Å². The molecule has 5 nitrogen and oxygen atoms in total. The molecule has 0 saturated heterocycles. The van der Waals surface area contributed by atoms with E-state index in [9.17, 15) is 0 Å². The molecular formula is C9H8N4OS2. The molecular weight excluding hydrogens is 244 g/mol. The van der Waals surface area contributed by atoms with E-state index in [0.717, 1.165) is 15.6 Å². The molecule has 2 aromatic rings. The van der Waals surface area contributed by atoms with Crippen LogP contribution < -0.4 is 0 Å². The molecule has 0 N–H and O–H groups in total. The highest BCUT2D eigenvalue weighted by molar-refractivity contribution is 7.99. The van der Waals surface area contributed by atoms with Crippen LogP contribution in [0.1, 0.15) is 10.7 Å². The minimum atomic E-state index is 0.308. The van der Waals surface area contributed by atoms with Crippen molar-refractivity contribution in [2.24, 2.45) is 0 Å². The van der Waals surface area contributed by atoms with Gasteiger partial charge in [-0.1, -0.05) is 11.8 Å². The van der Waals surface area contributed by atoms with E-state index >= 15 is 0 Å².